The van der Waals surface area contributed by atoms with Crippen LogP contribution in [0.15, 0.2) is 0 Å². The second-order valence-corrected chi connectivity index (χ2v) is 3.83. The largest absolute Gasteiger partial charge is 0.480 e. The third kappa shape index (κ3) is 8.76. The van der Waals surface area contributed by atoms with Gasteiger partial charge in [-0.25, -0.2) is 0 Å². The first-order valence-corrected chi connectivity index (χ1v) is 5.73. The van der Waals surface area contributed by atoms with E-state index in [1.807, 2.05) is 0 Å². The Labute approximate surface area is 100 Å². The molecule has 0 aliphatic heterocycles. The Bertz CT molecular complexity index is 226. The zero-order valence-electron chi connectivity index (χ0n) is 9.81. The zero-order chi connectivity index (χ0) is 13.1. The Balaban J connectivity index is 3.61. The number of rotatable bonds is 11. The van der Waals surface area contributed by atoms with Crippen molar-refractivity contribution in [3.63, 3.8) is 0 Å². The van der Waals surface area contributed by atoms with E-state index in [1.54, 1.807) is 0 Å². The highest BCUT2D eigenvalue weighted by Gasteiger charge is 2.18. The maximum atomic E-state index is 11.8. The summed E-state index contributed by atoms with van der Waals surface area (Å²) in [5.74, 6) is -1.15. The summed E-state index contributed by atoms with van der Waals surface area (Å²) in [7, 11) is 0. The van der Waals surface area contributed by atoms with Gasteiger partial charge in [-0.1, -0.05) is 12.8 Å². The molecular weight excluding hydrogens is 229 g/mol. The van der Waals surface area contributed by atoms with Crippen molar-refractivity contribution in [2.45, 2.75) is 44.2 Å². The lowest BCUT2D eigenvalue weighted by Gasteiger charge is -2.14. The number of nitrogens with two attached hydrogens (primary N) is 1. The van der Waals surface area contributed by atoms with Gasteiger partial charge < -0.3 is 20.4 Å². The maximum absolute atomic E-state index is 11.8. The molecular formula is C11H20FNO4. The van der Waals surface area contributed by atoms with Gasteiger partial charge in [-0.3, -0.25) is 9.18 Å². The van der Waals surface area contributed by atoms with Crippen LogP contribution in [-0.2, 0) is 14.3 Å². The number of aldehydes is 1. The fraction of sp³-hybridized carbons (Fsp3) is 0.818. The lowest BCUT2D eigenvalue weighted by molar-refractivity contribution is -0.139. The van der Waals surface area contributed by atoms with Crippen molar-refractivity contribution >= 4 is 12.3 Å². The van der Waals surface area contributed by atoms with Gasteiger partial charge in [0.15, 0.2) is 0 Å². The Kier molecular flexibility index (Phi) is 9.56. The van der Waals surface area contributed by atoms with Crippen LogP contribution in [0.4, 0.5) is 4.39 Å². The highest BCUT2D eigenvalue weighted by molar-refractivity contribution is 5.74. The van der Waals surface area contributed by atoms with Crippen LogP contribution < -0.4 is 5.73 Å². The van der Waals surface area contributed by atoms with E-state index in [0.29, 0.717) is 19.3 Å². The van der Waals surface area contributed by atoms with Gasteiger partial charge in [0.2, 0.25) is 0 Å². The van der Waals surface area contributed by atoms with E-state index in [-0.39, 0.29) is 13.1 Å². The van der Waals surface area contributed by atoms with E-state index in [0.717, 1.165) is 19.3 Å². The Morgan fingerprint density at radius 1 is 1.35 bits per heavy atom. The predicted octanol–water partition coefficient (Wildman–Crippen LogP) is 0.902. The minimum absolute atomic E-state index is 0.0245. The number of carbonyl (C=O) groups excluding carboxylic acids is 1. The fourth-order valence-corrected chi connectivity index (χ4v) is 1.30. The van der Waals surface area contributed by atoms with Gasteiger partial charge in [0.05, 0.1) is 6.67 Å². The Hall–Kier alpha value is -1.01. The van der Waals surface area contributed by atoms with Crippen LogP contribution in [0.5, 0.6) is 0 Å². The standard InChI is InChI=1S/C11H20FNO4/c12-5-3-1-2-4-6-17-9(8-14)7-10(13)11(15)16/h8-10H,1-7,13H2,(H,15,16). The van der Waals surface area contributed by atoms with Crippen molar-refractivity contribution < 1.29 is 23.8 Å². The summed E-state index contributed by atoms with van der Waals surface area (Å²) >= 11 is 0. The van der Waals surface area contributed by atoms with Gasteiger partial charge in [0, 0.05) is 13.0 Å². The lowest BCUT2D eigenvalue weighted by atomic mass is 10.1. The highest BCUT2D eigenvalue weighted by Crippen LogP contribution is 2.04. The van der Waals surface area contributed by atoms with Gasteiger partial charge >= 0.3 is 5.97 Å². The molecule has 0 spiro atoms. The van der Waals surface area contributed by atoms with E-state index in [1.165, 1.54) is 0 Å². The summed E-state index contributed by atoms with van der Waals surface area (Å²) < 4.78 is 16.9. The van der Waals surface area contributed by atoms with Crippen molar-refractivity contribution in [3.05, 3.63) is 0 Å². The lowest BCUT2D eigenvalue weighted by Crippen LogP contribution is -2.35. The summed E-state index contributed by atoms with van der Waals surface area (Å²) in [6.07, 6.45) is 2.66. The van der Waals surface area contributed by atoms with E-state index >= 15 is 0 Å². The predicted molar refractivity (Wildman–Crippen MR) is 60.5 cm³/mol. The molecule has 0 heterocycles. The van der Waals surface area contributed by atoms with Crippen LogP contribution >= 0.6 is 0 Å². The summed E-state index contributed by atoms with van der Waals surface area (Å²) in [6, 6.07) is -1.09. The molecule has 100 valence electrons. The van der Waals surface area contributed by atoms with Crippen LogP contribution in [-0.4, -0.2) is 42.8 Å². The first kappa shape index (κ1) is 16.0. The number of halogens is 1. The number of hydrogen-bond donors (Lipinski definition) is 2. The topological polar surface area (TPSA) is 89.6 Å². The van der Waals surface area contributed by atoms with Gasteiger partial charge in [0.25, 0.3) is 0 Å². The van der Waals surface area contributed by atoms with Gasteiger partial charge in [-0.15, -0.1) is 0 Å². The minimum Gasteiger partial charge on any atom is -0.480 e. The molecule has 6 heteroatoms. The van der Waals surface area contributed by atoms with Crippen LogP contribution in [0.3, 0.4) is 0 Å². The average Bonchev–Trinajstić information content (AvgIpc) is 2.31. The molecule has 0 aromatic heterocycles. The normalized spacial score (nSPS) is 14.2. The van der Waals surface area contributed by atoms with E-state index in [9.17, 15) is 14.0 Å². The van der Waals surface area contributed by atoms with Crippen molar-refractivity contribution in [2.75, 3.05) is 13.3 Å². The van der Waals surface area contributed by atoms with E-state index in [4.69, 9.17) is 15.6 Å². The number of alkyl halides is 1. The molecule has 5 nitrogen and oxygen atoms in total. The fourth-order valence-electron chi connectivity index (χ4n) is 1.30. The SMILES string of the molecule is NC(CC(C=O)OCCCCCCF)C(=O)O. The quantitative estimate of drug-likeness (QED) is 0.419. The molecule has 3 N–H and O–H groups in total. The minimum atomic E-state index is -1.15. The van der Waals surface area contributed by atoms with Crippen LogP contribution in [0, 0.1) is 0 Å². The van der Waals surface area contributed by atoms with E-state index < -0.39 is 18.1 Å². The Morgan fingerprint density at radius 2 is 2.00 bits per heavy atom. The smallest absolute Gasteiger partial charge is 0.320 e. The molecule has 0 fully saturated rings. The third-order valence-electron chi connectivity index (χ3n) is 2.32. The summed E-state index contributed by atoms with van der Waals surface area (Å²) in [5.41, 5.74) is 5.28. The van der Waals surface area contributed by atoms with Crippen LogP contribution in [0.1, 0.15) is 32.1 Å². The molecule has 0 bridgehead atoms. The third-order valence-corrected chi connectivity index (χ3v) is 2.32. The van der Waals surface area contributed by atoms with Crippen LogP contribution in [0.2, 0.25) is 0 Å². The van der Waals surface area contributed by atoms with Crippen molar-refractivity contribution in [1.82, 2.24) is 0 Å². The number of carbonyl (C=O) groups is 2. The molecule has 0 saturated heterocycles. The first-order valence-electron chi connectivity index (χ1n) is 5.73. The molecule has 0 aliphatic carbocycles. The molecule has 0 saturated carbocycles. The summed E-state index contributed by atoms with van der Waals surface area (Å²) in [5, 5.41) is 8.56. The molecule has 0 aromatic carbocycles. The van der Waals surface area contributed by atoms with Gasteiger partial charge in [-0.05, 0) is 12.8 Å². The molecule has 0 radical (unpaired) electrons. The number of carboxylic acids is 1. The molecule has 0 aliphatic rings. The molecule has 17 heavy (non-hydrogen) atoms. The van der Waals surface area contributed by atoms with Crippen molar-refractivity contribution in [2.24, 2.45) is 5.73 Å². The summed E-state index contributed by atoms with van der Waals surface area (Å²) in [4.78, 5) is 21.1. The molecule has 2 unspecified atom stereocenters. The number of hydrogen-bond acceptors (Lipinski definition) is 4. The molecule has 0 rings (SSSR count). The van der Waals surface area contributed by atoms with Crippen molar-refractivity contribution in [3.8, 4) is 0 Å². The monoisotopic (exact) mass is 249 g/mol. The second-order valence-electron chi connectivity index (χ2n) is 3.83. The number of aliphatic carboxylic acids is 1. The summed E-state index contributed by atoms with van der Waals surface area (Å²) in [6.45, 7) is 0.0489. The highest BCUT2D eigenvalue weighted by atomic mass is 19.1. The number of ether oxygens (including phenoxy) is 1. The zero-order valence-corrected chi connectivity index (χ0v) is 9.81. The second kappa shape index (κ2) is 10.2. The molecule has 0 amide bonds. The van der Waals surface area contributed by atoms with E-state index in [2.05, 4.69) is 0 Å². The van der Waals surface area contributed by atoms with Crippen LogP contribution in [0.25, 0.3) is 0 Å². The average molecular weight is 249 g/mol. The first-order chi connectivity index (χ1) is 8.11. The molecule has 0 aromatic rings. The van der Waals surface area contributed by atoms with Crippen molar-refractivity contribution in [1.29, 1.82) is 0 Å². The Morgan fingerprint density at radius 3 is 2.53 bits per heavy atom. The maximum Gasteiger partial charge on any atom is 0.320 e. The number of unbranched alkanes of at least 4 members (excludes halogenated alkanes) is 3. The molecule has 2 atom stereocenters. The van der Waals surface area contributed by atoms with Gasteiger partial charge in [0.1, 0.15) is 18.4 Å². The van der Waals surface area contributed by atoms with Gasteiger partial charge in [-0.2, -0.15) is 0 Å². The number of carboxylic acid groups (broad SMARTS) is 1.